The van der Waals surface area contributed by atoms with Gasteiger partial charge in [0.15, 0.2) is 0 Å². The number of carbonyl (C=O) groups is 1. The number of nitrogens with zero attached hydrogens (tertiary/aromatic N) is 12. The molecule has 20 nitrogen and oxygen atoms in total. The first-order chi connectivity index (χ1) is 31.1. The van der Waals surface area contributed by atoms with Crippen molar-refractivity contribution in [2.45, 2.75) is 154 Å². The monoisotopic (exact) mass is 883 g/mol. The van der Waals surface area contributed by atoms with Gasteiger partial charge in [-0.3, -0.25) is 0 Å². The molecular formula is C43H70N12O8. The van der Waals surface area contributed by atoms with E-state index in [-0.39, 0.29) is 72.6 Å². The molecular weight excluding hydrogens is 813 g/mol. The third-order valence-electron chi connectivity index (χ3n) is 12.1. The molecule has 6 rings (SSSR count). The summed E-state index contributed by atoms with van der Waals surface area (Å²) in [6.45, 7) is 2.51. The van der Waals surface area contributed by atoms with E-state index in [4.69, 9.17) is 38.7 Å². The third kappa shape index (κ3) is 17.5. The van der Waals surface area contributed by atoms with Crippen molar-refractivity contribution in [3.05, 3.63) is 46.1 Å². The molecule has 0 saturated heterocycles. The highest BCUT2D eigenvalue weighted by Crippen LogP contribution is 2.29. The highest BCUT2D eigenvalue weighted by Gasteiger charge is 2.35. The first-order valence-electron chi connectivity index (χ1n) is 23.4. The van der Waals surface area contributed by atoms with Crippen LogP contribution in [0.15, 0.2) is 23.7 Å². The van der Waals surface area contributed by atoms with E-state index in [0.717, 1.165) is 55.6 Å². The van der Waals surface area contributed by atoms with Crippen LogP contribution >= 0.6 is 0 Å². The van der Waals surface area contributed by atoms with Gasteiger partial charge >= 0.3 is 5.97 Å². The molecule has 0 spiro atoms. The van der Waals surface area contributed by atoms with Crippen molar-refractivity contribution < 1.29 is 38.0 Å². The van der Waals surface area contributed by atoms with E-state index >= 15 is 0 Å². The zero-order valence-electron chi connectivity index (χ0n) is 37.2. The summed E-state index contributed by atoms with van der Waals surface area (Å²) >= 11 is 0. The summed E-state index contributed by atoms with van der Waals surface area (Å²) in [4.78, 5) is 15.8. The van der Waals surface area contributed by atoms with Crippen molar-refractivity contribution >= 4 is 5.97 Å². The Bertz CT molecular complexity index is 1590. The number of aromatic nitrogens is 9. The topological polar surface area (TPSA) is 223 Å². The summed E-state index contributed by atoms with van der Waals surface area (Å²) in [5.74, 6) is -0.537. The van der Waals surface area contributed by atoms with Gasteiger partial charge in [0.25, 0.3) is 0 Å². The molecule has 0 amide bonds. The Balaban J connectivity index is 1.08. The van der Waals surface area contributed by atoms with E-state index in [2.05, 4.69) is 41.0 Å². The van der Waals surface area contributed by atoms with Gasteiger partial charge in [0.1, 0.15) is 30.3 Å². The van der Waals surface area contributed by atoms with Gasteiger partial charge < -0.3 is 33.2 Å². The number of ether oxygens (including phenoxy) is 7. The fourth-order valence-electron chi connectivity index (χ4n) is 8.63. The second-order valence-electron chi connectivity index (χ2n) is 17.4. The van der Waals surface area contributed by atoms with Crippen LogP contribution in [-0.4, -0.2) is 124 Å². The smallest absolute Gasteiger partial charge is 0.332 e. The first-order valence-corrected chi connectivity index (χ1v) is 23.4. The quantitative estimate of drug-likeness (QED) is 0.0179. The minimum absolute atomic E-state index is 0.0584. The lowest BCUT2D eigenvalue weighted by Crippen LogP contribution is -2.42. The van der Waals surface area contributed by atoms with Gasteiger partial charge in [0.05, 0.1) is 115 Å². The van der Waals surface area contributed by atoms with E-state index in [1.54, 1.807) is 0 Å². The fraction of sp³-hybridized carbons (Fsp3) is 0.837. The lowest BCUT2D eigenvalue weighted by molar-refractivity contribution is -0.162. The molecule has 63 heavy (non-hydrogen) atoms. The van der Waals surface area contributed by atoms with Gasteiger partial charge in [0, 0.05) is 11.5 Å². The molecule has 20 heteroatoms. The molecule has 0 radical (unpaired) electrons. The molecule has 0 N–H and O–H groups in total. The number of hydrogen-bond acceptors (Lipinski definition) is 15. The van der Waals surface area contributed by atoms with Crippen LogP contribution in [0.3, 0.4) is 0 Å². The Kier molecular flexibility index (Phi) is 21.5. The molecule has 3 saturated carbocycles. The molecule has 3 aromatic rings. The largest absolute Gasteiger partial charge is 0.463 e. The lowest BCUT2D eigenvalue weighted by Gasteiger charge is -2.32. The number of hydrogen-bond donors (Lipinski definition) is 0. The van der Waals surface area contributed by atoms with Crippen LogP contribution < -0.4 is 0 Å². The van der Waals surface area contributed by atoms with Gasteiger partial charge in [-0.2, -0.15) is 0 Å². The van der Waals surface area contributed by atoms with Crippen LogP contribution in [0.5, 0.6) is 0 Å². The number of azide groups is 1. The summed E-state index contributed by atoms with van der Waals surface area (Å²) < 4.78 is 47.5. The maximum absolute atomic E-state index is 13.1. The minimum atomic E-state index is -0.927. The van der Waals surface area contributed by atoms with E-state index in [1.165, 1.54) is 77.0 Å². The second kappa shape index (κ2) is 28.0. The molecule has 3 fully saturated rings. The molecule has 3 aromatic heterocycles. The SMILES string of the molecule is [N-]=[N+]=NCCOCCOCCOCC(=O)OCC(COCc1cn(C2CCCCCC2)nn1)(COCc1cn(C2CCCCCC2)nn1)COCc1cn(C2CCCCCC2)nn1. The Morgan fingerprint density at radius 1 is 0.556 bits per heavy atom. The van der Waals surface area contributed by atoms with E-state index in [1.807, 2.05) is 32.6 Å². The van der Waals surface area contributed by atoms with Crippen LogP contribution in [-0.2, 0) is 57.8 Å². The summed E-state index contributed by atoms with van der Waals surface area (Å²) in [5, 5.41) is 30.2. The zero-order valence-corrected chi connectivity index (χ0v) is 37.2. The molecule has 0 unspecified atom stereocenters. The summed E-state index contributed by atoms with van der Waals surface area (Å²) in [6.07, 6.45) is 27.3. The molecule has 3 aliphatic carbocycles. The fourth-order valence-corrected chi connectivity index (χ4v) is 8.63. The summed E-state index contributed by atoms with van der Waals surface area (Å²) in [7, 11) is 0. The van der Waals surface area contributed by atoms with E-state index < -0.39 is 11.4 Å². The van der Waals surface area contributed by atoms with Gasteiger partial charge in [0.2, 0.25) is 0 Å². The average Bonchev–Trinajstić information content (AvgIpc) is 3.88. The van der Waals surface area contributed by atoms with Crippen molar-refractivity contribution in [1.29, 1.82) is 0 Å². The number of rotatable bonds is 28. The molecule has 0 bridgehead atoms. The summed E-state index contributed by atoms with van der Waals surface area (Å²) in [5.41, 5.74) is 9.61. The average molecular weight is 883 g/mol. The normalized spacial score (nSPS) is 17.5. The highest BCUT2D eigenvalue weighted by molar-refractivity contribution is 5.70. The van der Waals surface area contributed by atoms with Gasteiger partial charge in [-0.15, -0.1) is 15.3 Å². The molecule has 0 aromatic carbocycles. The maximum atomic E-state index is 13.1. The van der Waals surface area contributed by atoms with E-state index in [9.17, 15) is 4.79 Å². The Morgan fingerprint density at radius 3 is 1.33 bits per heavy atom. The molecule has 0 aliphatic heterocycles. The maximum Gasteiger partial charge on any atom is 0.332 e. The van der Waals surface area contributed by atoms with Crippen LogP contribution in [0, 0.1) is 5.41 Å². The molecule has 3 heterocycles. The van der Waals surface area contributed by atoms with Gasteiger partial charge in [-0.25, -0.2) is 18.8 Å². The minimum Gasteiger partial charge on any atom is -0.463 e. The second-order valence-corrected chi connectivity index (χ2v) is 17.4. The summed E-state index contributed by atoms with van der Waals surface area (Å²) in [6, 6.07) is 1.04. The van der Waals surface area contributed by atoms with Crippen molar-refractivity contribution in [2.24, 2.45) is 10.5 Å². The standard InChI is InChI=1S/C43H70N12O8/c44-49-45-19-20-57-21-22-58-23-24-59-31-42(56)63-35-43(32-60-28-36-25-53(50-46-36)39-13-7-1-2-8-14-39,33-61-29-37-26-54(51-47-37)40-15-9-3-4-10-16-40)34-62-30-38-27-55(52-48-38)41-17-11-5-6-12-18-41/h25-27,39-41H,1-24,28-35H2. The predicted molar refractivity (Wildman–Crippen MR) is 229 cm³/mol. The van der Waals surface area contributed by atoms with Crippen LogP contribution in [0.1, 0.15) is 151 Å². The van der Waals surface area contributed by atoms with Crippen molar-refractivity contribution in [3.8, 4) is 0 Å². The zero-order chi connectivity index (χ0) is 43.6. The Morgan fingerprint density at radius 2 is 0.937 bits per heavy atom. The van der Waals surface area contributed by atoms with Crippen LogP contribution in [0.25, 0.3) is 10.4 Å². The van der Waals surface area contributed by atoms with Crippen LogP contribution in [0.4, 0.5) is 0 Å². The third-order valence-corrected chi connectivity index (χ3v) is 12.1. The van der Waals surface area contributed by atoms with Crippen LogP contribution in [0.2, 0.25) is 0 Å². The van der Waals surface area contributed by atoms with Gasteiger partial charge in [-0.1, -0.05) is 97.8 Å². The Labute approximate surface area is 371 Å². The van der Waals surface area contributed by atoms with E-state index in [0.29, 0.717) is 37.9 Å². The predicted octanol–water partition coefficient (Wildman–Crippen LogP) is 6.99. The van der Waals surface area contributed by atoms with Crippen molar-refractivity contribution in [1.82, 2.24) is 45.0 Å². The number of carbonyl (C=O) groups excluding carboxylic acids is 1. The molecule has 3 aliphatic rings. The van der Waals surface area contributed by atoms with Crippen molar-refractivity contribution in [2.75, 3.05) is 72.6 Å². The highest BCUT2D eigenvalue weighted by atomic mass is 16.6. The van der Waals surface area contributed by atoms with Crippen molar-refractivity contribution in [3.63, 3.8) is 0 Å². The Hall–Kier alpha value is -4.04. The molecule has 350 valence electrons. The van der Waals surface area contributed by atoms with Gasteiger partial charge in [-0.05, 0) is 44.1 Å². The molecule has 0 atom stereocenters. The lowest BCUT2D eigenvalue weighted by atomic mass is 9.92. The first kappa shape index (κ1) is 48.4. The number of esters is 1.